The Balaban J connectivity index is 1.68. The second-order valence-electron chi connectivity index (χ2n) is 5.31. The van der Waals surface area contributed by atoms with Gasteiger partial charge >= 0.3 is 0 Å². The molecule has 0 amide bonds. The molecule has 1 aromatic carbocycles. The number of fused-ring (bicyclic) bond motifs is 1. The molecule has 1 aliphatic heterocycles. The average Bonchev–Trinajstić information content (AvgIpc) is 2.95. The smallest absolute Gasteiger partial charge is 0.103 e. The minimum absolute atomic E-state index is 0.363. The van der Waals surface area contributed by atoms with Gasteiger partial charge in [-0.25, -0.2) is 0 Å². The fraction of sp³-hybridized carbons (Fsp3) is 0.571. The summed E-state index contributed by atoms with van der Waals surface area (Å²) in [5.41, 5.74) is 2.10. The maximum atomic E-state index is 10.3. The molecule has 0 aromatic heterocycles. The molecule has 2 aliphatic rings. The molecule has 2 N–H and O–H groups in total. The zero-order valence-electron chi connectivity index (χ0n) is 10.3. The molecule has 0 spiro atoms. The van der Waals surface area contributed by atoms with Gasteiger partial charge in [0.2, 0.25) is 0 Å². The van der Waals surface area contributed by atoms with E-state index in [4.69, 9.17) is 4.74 Å². The van der Waals surface area contributed by atoms with Gasteiger partial charge in [0.15, 0.2) is 0 Å². The normalized spacial score (nSPS) is 30.7. The maximum absolute atomic E-state index is 10.3. The van der Waals surface area contributed by atoms with E-state index in [1.54, 1.807) is 0 Å². The Morgan fingerprint density at radius 1 is 1.50 bits per heavy atom. The van der Waals surface area contributed by atoms with E-state index < -0.39 is 5.60 Å². The van der Waals surface area contributed by atoms with Crippen LogP contribution >= 0.6 is 15.9 Å². The minimum Gasteiger partial charge on any atom is -0.386 e. The van der Waals surface area contributed by atoms with Crippen molar-refractivity contribution >= 4 is 15.9 Å². The van der Waals surface area contributed by atoms with Crippen molar-refractivity contribution in [2.75, 3.05) is 19.8 Å². The summed E-state index contributed by atoms with van der Waals surface area (Å²) in [5, 5.41) is 13.8. The van der Waals surface area contributed by atoms with Gasteiger partial charge in [-0.2, -0.15) is 0 Å². The van der Waals surface area contributed by atoms with Crippen molar-refractivity contribution < 1.29 is 9.84 Å². The third-order valence-corrected chi connectivity index (χ3v) is 4.72. The molecule has 18 heavy (non-hydrogen) atoms. The molecule has 2 atom stereocenters. The molecule has 3 nitrogen and oxygen atoms in total. The predicted octanol–water partition coefficient (Wildman–Crippen LogP) is 2.18. The Labute approximate surface area is 116 Å². The molecule has 0 saturated carbocycles. The third kappa shape index (κ3) is 2.35. The second-order valence-corrected chi connectivity index (χ2v) is 6.16. The van der Waals surface area contributed by atoms with Gasteiger partial charge in [0.25, 0.3) is 0 Å². The number of rotatable bonds is 3. The lowest BCUT2D eigenvalue weighted by Gasteiger charge is -2.24. The van der Waals surface area contributed by atoms with E-state index in [2.05, 4.69) is 39.4 Å². The van der Waals surface area contributed by atoms with Gasteiger partial charge < -0.3 is 15.2 Å². The van der Waals surface area contributed by atoms with Crippen LogP contribution in [-0.4, -0.2) is 30.5 Å². The van der Waals surface area contributed by atoms with Crippen LogP contribution in [-0.2, 0) is 11.2 Å². The van der Waals surface area contributed by atoms with E-state index in [-0.39, 0.29) is 0 Å². The van der Waals surface area contributed by atoms with E-state index in [1.807, 2.05) is 0 Å². The quantitative estimate of drug-likeness (QED) is 0.899. The van der Waals surface area contributed by atoms with Crippen LogP contribution in [0.4, 0.5) is 0 Å². The first-order valence-electron chi connectivity index (χ1n) is 6.49. The van der Waals surface area contributed by atoms with Crippen molar-refractivity contribution in [3.8, 4) is 0 Å². The van der Waals surface area contributed by atoms with E-state index in [0.29, 0.717) is 25.8 Å². The second kappa shape index (κ2) is 4.93. The van der Waals surface area contributed by atoms with Crippen LogP contribution in [0.5, 0.6) is 0 Å². The molecule has 0 radical (unpaired) electrons. The maximum Gasteiger partial charge on any atom is 0.103 e. The molecule has 1 fully saturated rings. The van der Waals surface area contributed by atoms with Crippen LogP contribution in [0, 0.1) is 0 Å². The van der Waals surface area contributed by atoms with Crippen molar-refractivity contribution in [1.82, 2.24) is 5.32 Å². The highest BCUT2D eigenvalue weighted by atomic mass is 79.9. The van der Waals surface area contributed by atoms with Crippen LogP contribution in [0.25, 0.3) is 0 Å². The number of ether oxygens (including phenoxy) is 1. The molecule has 1 aliphatic carbocycles. The van der Waals surface area contributed by atoms with E-state index in [1.165, 1.54) is 15.6 Å². The highest BCUT2D eigenvalue weighted by Gasteiger charge is 2.33. The van der Waals surface area contributed by atoms with Crippen LogP contribution in [0.3, 0.4) is 0 Å². The largest absolute Gasteiger partial charge is 0.386 e. The van der Waals surface area contributed by atoms with E-state index >= 15 is 0 Å². The monoisotopic (exact) mass is 311 g/mol. The lowest BCUT2D eigenvalue weighted by molar-refractivity contribution is 0.0248. The summed E-state index contributed by atoms with van der Waals surface area (Å²) in [4.78, 5) is 0. The number of aliphatic hydroxyl groups is 1. The Hall–Kier alpha value is -0.420. The number of halogens is 1. The lowest BCUT2D eigenvalue weighted by Crippen LogP contribution is -2.42. The number of nitrogens with one attached hydrogen (secondary N) is 1. The first kappa shape index (κ1) is 12.6. The summed E-state index contributed by atoms with van der Waals surface area (Å²) < 4.78 is 6.47. The Morgan fingerprint density at radius 2 is 2.39 bits per heavy atom. The van der Waals surface area contributed by atoms with Gasteiger partial charge in [-0.05, 0) is 30.0 Å². The average molecular weight is 312 g/mol. The predicted molar refractivity (Wildman–Crippen MR) is 73.6 cm³/mol. The fourth-order valence-electron chi connectivity index (χ4n) is 2.87. The number of hydrogen-bond donors (Lipinski definition) is 2. The molecule has 3 rings (SSSR count). The Morgan fingerprint density at radius 3 is 3.17 bits per heavy atom. The summed E-state index contributed by atoms with van der Waals surface area (Å²) in [6.45, 7) is 1.74. The molecular weight excluding hydrogens is 294 g/mol. The first-order valence-corrected chi connectivity index (χ1v) is 7.28. The van der Waals surface area contributed by atoms with Crippen LogP contribution in [0.1, 0.15) is 30.0 Å². The van der Waals surface area contributed by atoms with Gasteiger partial charge in [0, 0.05) is 30.1 Å². The highest BCUT2D eigenvalue weighted by Crippen LogP contribution is 2.35. The fourth-order valence-corrected chi connectivity index (χ4v) is 3.45. The van der Waals surface area contributed by atoms with Crippen LogP contribution in [0.15, 0.2) is 22.7 Å². The van der Waals surface area contributed by atoms with Crippen molar-refractivity contribution in [1.29, 1.82) is 0 Å². The van der Waals surface area contributed by atoms with Crippen molar-refractivity contribution in [2.24, 2.45) is 0 Å². The highest BCUT2D eigenvalue weighted by molar-refractivity contribution is 9.10. The lowest BCUT2D eigenvalue weighted by atomic mass is 10.0. The molecular formula is C14H18BrNO2. The van der Waals surface area contributed by atoms with E-state index in [0.717, 1.165) is 19.3 Å². The van der Waals surface area contributed by atoms with Gasteiger partial charge in [0.1, 0.15) is 5.60 Å². The summed E-state index contributed by atoms with van der Waals surface area (Å²) in [5.74, 6) is 0. The summed E-state index contributed by atoms with van der Waals surface area (Å²) in [7, 11) is 0. The molecule has 4 heteroatoms. The van der Waals surface area contributed by atoms with Gasteiger partial charge in [-0.3, -0.25) is 0 Å². The molecule has 1 heterocycles. The standard InChI is InChI=1S/C14H18BrNO2/c15-12-3-1-2-11-10(12)4-5-13(11)16-8-14(17)6-7-18-9-14/h1-3,13,16-17H,4-9H2/t13-,14+/m1/s1. The zero-order valence-corrected chi connectivity index (χ0v) is 11.9. The topological polar surface area (TPSA) is 41.5 Å². The van der Waals surface area contributed by atoms with Crippen LogP contribution < -0.4 is 5.32 Å². The zero-order chi connectivity index (χ0) is 12.6. The first-order chi connectivity index (χ1) is 8.68. The third-order valence-electron chi connectivity index (χ3n) is 3.97. The SMILES string of the molecule is O[C@]1(CN[C@@H]2CCc3c(Br)cccc32)CCOC1. The van der Waals surface area contributed by atoms with Gasteiger partial charge in [0.05, 0.1) is 6.61 Å². The molecule has 98 valence electrons. The summed E-state index contributed by atoms with van der Waals surface area (Å²) in [6, 6.07) is 6.72. The molecule has 1 saturated heterocycles. The summed E-state index contributed by atoms with van der Waals surface area (Å²) in [6.07, 6.45) is 2.94. The van der Waals surface area contributed by atoms with Crippen molar-refractivity contribution in [3.05, 3.63) is 33.8 Å². The number of benzene rings is 1. The van der Waals surface area contributed by atoms with Gasteiger partial charge in [-0.1, -0.05) is 28.1 Å². The van der Waals surface area contributed by atoms with Crippen LogP contribution in [0.2, 0.25) is 0 Å². The summed E-state index contributed by atoms with van der Waals surface area (Å²) >= 11 is 3.61. The molecule has 1 aromatic rings. The Kier molecular flexibility index (Phi) is 3.45. The van der Waals surface area contributed by atoms with E-state index in [9.17, 15) is 5.11 Å². The van der Waals surface area contributed by atoms with Gasteiger partial charge in [-0.15, -0.1) is 0 Å². The minimum atomic E-state index is -0.672. The molecule has 0 bridgehead atoms. The van der Waals surface area contributed by atoms with Crippen molar-refractivity contribution in [2.45, 2.75) is 30.9 Å². The number of hydrogen-bond acceptors (Lipinski definition) is 3. The molecule has 0 unspecified atom stereocenters. The van der Waals surface area contributed by atoms with Crippen molar-refractivity contribution in [3.63, 3.8) is 0 Å². The Bertz CT molecular complexity index is 443.